The number of methoxy groups -OCH3 is 1. The highest BCUT2D eigenvalue weighted by atomic mass is 16.5. The molecule has 86 valence electrons. The molecular weight excluding hydrogens is 202 g/mol. The van der Waals surface area contributed by atoms with Crippen molar-refractivity contribution in [1.82, 2.24) is 5.32 Å². The summed E-state index contributed by atoms with van der Waals surface area (Å²) in [7, 11) is 1.36. The average molecular weight is 219 g/mol. The Morgan fingerprint density at radius 3 is 2.88 bits per heavy atom. The maximum Gasteiger partial charge on any atom is 0.331 e. The molecule has 3 nitrogen and oxygen atoms in total. The Hall–Kier alpha value is -1.77. The Morgan fingerprint density at radius 2 is 2.19 bits per heavy atom. The standard InChI is InChI=1S/C13H17NO2/c1-11-5-3-4-6-12(11)7-9-14-10-8-13(15)16-2/h3-6,8,10,14H,7,9H2,1-2H3/b10-8+. The number of rotatable bonds is 5. The number of benzene rings is 1. The van der Waals surface area contributed by atoms with E-state index in [1.807, 2.05) is 12.1 Å². The lowest BCUT2D eigenvalue weighted by Gasteiger charge is -2.04. The number of hydrogen-bond donors (Lipinski definition) is 1. The summed E-state index contributed by atoms with van der Waals surface area (Å²) in [5.74, 6) is -0.344. The quantitative estimate of drug-likeness (QED) is 0.466. The highest BCUT2D eigenvalue weighted by molar-refractivity contribution is 5.81. The molecule has 1 rings (SSSR count). The normalized spacial score (nSPS) is 10.4. The molecule has 16 heavy (non-hydrogen) atoms. The molecule has 0 fully saturated rings. The molecule has 0 bridgehead atoms. The van der Waals surface area contributed by atoms with Crippen LogP contribution >= 0.6 is 0 Å². The Balaban J connectivity index is 2.29. The third kappa shape index (κ3) is 4.17. The van der Waals surface area contributed by atoms with E-state index in [1.165, 1.54) is 24.3 Å². The molecule has 0 amide bonds. The number of aryl methyl sites for hydroxylation is 1. The van der Waals surface area contributed by atoms with Gasteiger partial charge in [-0.3, -0.25) is 0 Å². The number of hydrogen-bond acceptors (Lipinski definition) is 3. The predicted molar refractivity (Wildman–Crippen MR) is 64.0 cm³/mol. The summed E-state index contributed by atoms with van der Waals surface area (Å²) < 4.78 is 4.47. The van der Waals surface area contributed by atoms with Crippen molar-refractivity contribution in [3.8, 4) is 0 Å². The first-order valence-electron chi connectivity index (χ1n) is 5.26. The van der Waals surface area contributed by atoms with Gasteiger partial charge in [-0.25, -0.2) is 4.79 Å². The number of carbonyl (C=O) groups is 1. The van der Waals surface area contributed by atoms with Crippen molar-refractivity contribution in [2.45, 2.75) is 13.3 Å². The second-order valence-corrected chi connectivity index (χ2v) is 3.49. The molecule has 1 N–H and O–H groups in total. The highest BCUT2D eigenvalue weighted by Gasteiger charge is 1.95. The summed E-state index contributed by atoms with van der Waals surface area (Å²) in [6.45, 7) is 2.90. The summed E-state index contributed by atoms with van der Waals surface area (Å²) in [6.07, 6.45) is 3.93. The zero-order valence-corrected chi connectivity index (χ0v) is 9.69. The monoisotopic (exact) mass is 219 g/mol. The lowest BCUT2D eigenvalue weighted by molar-refractivity contribution is -0.134. The maximum absolute atomic E-state index is 10.8. The number of ether oxygens (including phenoxy) is 1. The third-order valence-electron chi connectivity index (χ3n) is 2.34. The minimum Gasteiger partial charge on any atom is -0.466 e. The van der Waals surface area contributed by atoms with Gasteiger partial charge in [0, 0.05) is 18.8 Å². The molecule has 0 saturated heterocycles. The molecular formula is C13H17NO2. The van der Waals surface area contributed by atoms with Crippen molar-refractivity contribution in [3.63, 3.8) is 0 Å². The van der Waals surface area contributed by atoms with Crippen LogP contribution in [-0.4, -0.2) is 19.6 Å². The number of esters is 1. The Kier molecular flexibility index (Phi) is 5.12. The summed E-state index contributed by atoms with van der Waals surface area (Å²) in [6, 6.07) is 8.27. The lowest BCUT2D eigenvalue weighted by Crippen LogP contribution is -2.11. The van der Waals surface area contributed by atoms with Gasteiger partial charge in [0.25, 0.3) is 0 Å². The van der Waals surface area contributed by atoms with Gasteiger partial charge in [0.05, 0.1) is 7.11 Å². The molecule has 0 atom stereocenters. The minimum absolute atomic E-state index is 0.344. The smallest absolute Gasteiger partial charge is 0.331 e. The van der Waals surface area contributed by atoms with E-state index in [0.717, 1.165) is 13.0 Å². The molecule has 3 heteroatoms. The molecule has 0 radical (unpaired) electrons. The molecule has 0 aliphatic rings. The van der Waals surface area contributed by atoms with Crippen LogP contribution < -0.4 is 5.32 Å². The molecule has 0 aromatic heterocycles. The fourth-order valence-corrected chi connectivity index (χ4v) is 1.38. The van der Waals surface area contributed by atoms with Crippen LogP contribution in [0.15, 0.2) is 36.5 Å². The fraction of sp³-hybridized carbons (Fsp3) is 0.308. The van der Waals surface area contributed by atoms with Gasteiger partial charge in [-0.2, -0.15) is 0 Å². The second-order valence-electron chi connectivity index (χ2n) is 3.49. The van der Waals surface area contributed by atoms with Crippen molar-refractivity contribution < 1.29 is 9.53 Å². The first-order valence-corrected chi connectivity index (χ1v) is 5.26. The predicted octanol–water partition coefficient (Wildman–Crippen LogP) is 1.81. The van der Waals surface area contributed by atoms with E-state index in [0.29, 0.717) is 0 Å². The zero-order valence-electron chi connectivity index (χ0n) is 9.69. The van der Waals surface area contributed by atoms with Crippen molar-refractivity contribution in [3.05, 3.63) is 47.7 Å². The molecule has 0 heterocycles. The first kappa shape index (κ1) is 12.3. The van der Waals surface area contributed by atoms with E-state index in [4.69, 9.17) is 0 Å². The minimum atomic E-state index is -0.344. The van der Waals surface area contributed by atoms with Gasteiger partial charge in [-0.1, -0.05) is 24.3 Å². The van der Waals surface area contributed by atoms with Crippen LogP contribution in [0.3, 0.4) is 0 Å². The number of nitrogens with one attached hydrogen (secondary N) is 1. The van der Waals surface area contributed by atoms with Crippen molar-refractivity contribution >= 4 is 5.97 Å². The van der Waals surface area contributed by atoms with Gasteiger partial charge in [0.1, 0.15) is 0 Å². The van der Waals surface area contributed by atoms with E-state index in [9.17, 15) is 4.79 Å². The summed E-state index contributed by atoms with van der Waals surface area (Å²) >= 11 is 0. The summed E-state index contributed by atoms with van der Waals surface area (Å²) in [5, 5.41) is 3.04. The molecule has 0 saturated carbocycles. The topological polar surface area (TPSA) is 38.3 Å². The van der Waals surface area contributed by atoms with Gasteiger partial charge in [0.15, 0.2) is 0 Å². The van der Waals surface area contributed by atoms with E-state index in [-0.39, 0.29) is 5.97 Å². The molecule has 0 unspecified atom stereocenters. The first-order chi connectivity index (χ1) is 7.74. The Morgan fingerprint density at radius 1 is 1.44 bits per heavy atom. The van der Waals surface area contributed by atoms with Crippen LogP contribution in [-0.2, 0) is 16.0 Å². The SMILES string of the molecule is COC(=O)/C=C/NCCc1ccccc1C. The molecule has 0 aliphatic heterocycles. The fourth-order valence-electron chi connectivity index (χ4n) is 1.38. The van der Waals surface area contributed by atoms with Gasteiger partial charge < -0.3 is 10.1 Å². The van der Waals surface area contributed by atoms with Gasteiger partial charge in [-0.15, -0.1) is 0 Å². The van der Waals surface area contributed by atoms with Crippen LogP contribution in [0.5, 0.6) is 0 Å². The van der Waals surface area contributed by atoms with Crippen molar-refractivity contribution in [2.24, 2.45) is 0 Å². The zero-order chi connectivity index (χ0) is 11.8. The Labute approximate surface area is 96.1 Å². The number of carbonyl (C=O) groups excluding carboxylic acids is 1. The van der Waals surface area contributed by atoms with Gasteiger partial charge in [0.2, 0.25) is 0 Å². The molecule has 1 aromatic carbocycles. The van der Waals surface area contributed by atoms with E-state index in [2.05, 4.69) is 29.1 Å². The molecule has 0 spiro atoms. The molecule has 1 aromatic rings. The van der Waals surface area contributed by atoms with Crippen LogP contribution in [0.25, 0.3) is 0 Å². The summed E-state index contributed by atoms with van der Waals surface area (Å²) in [4.78, 5) is 10.8. The summed E-state index contributed by atoms with van der Waals surface area (Å²) in [5.41, 5.74) is 2.61. The Bertz CT molecular complexity index is 372. The maximum atomic E-state index is 10.8. The lowest BCUT2D eigenvalue weighted by atomic mass is 10.1. The van der Waals surface area contributed by atoms with E-state index >= 15 is 0 Å². The van der Waals surface area contributed by atoms with Crippen molar-refractivity contribution in [1.29, 1.82) is 0 Å². The van der Waals surface area contributed by atoms with Crippen LogP contribution in [0, 0.1) is 6.92 Å². The van der Waals surface area contributed by atoms with Crippen molar-refractivity contribution in [2.75, 3.05) is 13.7 Å². The molecule has 0 aliphatic carbocycles. The van der Waals surface area contributed by atoms with Gasteiger partial charge >= 0.3 is 5.97 Å². The van der Waals surface area contributed by atoms with Crippen LogP contribution in [0.4, 0.5) is 0 Å². The van der Waals surface area contributed by atoms with E-state index < -0.39 is 0 Å². The largest absolute Gasteiger partial charge is 0.466 e. The van der Waals surface area contributed by atoms with E-state index in [1.54, 1.807) is 6.20 Å². The average Bonchev–Trinajstić information content (AvgIpc) is 2.30. The third-order valence-corrected chi connectivity index (χ3v) is 2.34. The van der Waals surface area contributed by atoms with Crippen LogP contribution in [0.2, 0.25) is 0 Å². The second kappa shape index (κ2) is 6.67. The van der Waals surface area contributed by atoms with Gasteiger partial charge in [-0.05, 0) is 24.5 Å². The van der Waals surface area contributed by atoms with Crippen LogP contribution in [0.1, 0.15) is 11.1 Å². The highest BCUT2D eigenvalue weighted by Crippen LogP contribution is 2.06.